The van der Waals surface area contributed by atoms with E-state index >= 15 is 0 Å². The molecule has 0 atom stereocenters. The second-order valence-corrected chi connectivity index (χ2v) is 5.27. The van der Waals surface area contributed by atoms with Gasteiger partial charge in [-0.15, -0.1) is 0 Å². The Kier molecular flexibility index (Phi) is 3.78. The van der Waals surface area contributed by atoms with Gasteiger partial charge in [0.25, 0.3) is 5.91 Å². The van der Waals surface area contributed by atoms with Gasteiger partial charge in [0.05, 0.1) is 21.2 Å². The molecular formula is C16H10Cl2N2O. The van der Waals surface area contributed by atoms with E-state index < -0.39 is 0 Å². The second kappa shape index (κ2) is 5.72. The smallest absolute Gasteiger partial charge is 0.255 e. The SMILES string of the molecule is O=C(Nc1cccc2ncccc12)c1ccc(Cl)c(Cl)c1. The number of pyridine rings is 1. The third-order valence-electron chi connectivity index (χ3n) is 3.08. The highest BCUT2D eigenvalue weighted by atomic mass is 35.5. The summed E-state index contributed by atoms with van der Waals surface area (Å²) in [4.78, 5) is 16.5. The van der Waals surface area contributed by atoms with Gasteiger partial charge in [-0.2, -0.15) is 0 Å². The predicted octanol–water partition coefficient (Wildman–Crippen LogP) is 4.79. The Balaban J connectivity index is 1.94. The molecule has 2 aromatic carbocycles. The van der Waals surface area contributed by atoms with Crippen LogP contribution in [0.2, 0.25) is 10.0 Å². The maximum atomic E-state index is 12.3. The highest BCUT2D eigenvalue weighted by molar-refractivity contribution is 6.42. The van der Waals surface area contributed by atoms with Crippen LogP contribution in [0.15, 0.2) is 54.7 Å². The lowest BCUT2D eigenvalue weighted by atomic mass is 10.1. The van der Waals surface area contributed by atoms with Crippen LogP contribution in [0.4, 0.5) is 5.69 Å². The number of halogens is 2. The Hall–Kier alpha value is -2.10. The Labute approximate surface area is 131 Å². The molecule has 0 aliphatic heterocycles. The lowest BCUT2D eigenvalue weighted by molar-refractivity contribution is 0.102. The molecule has 1 amide bonds. The van der Waals surface area contributed by atoms with E-state index in [4.69, 9.17) is 23.2 Å². The van der Waals surface area contributed by atoms with E-state index in [2.05, 4.69) is 10.3 Å². The summed E-state index contributed by atoms with van der Waals surface area (Å²) >= 11 is 11.8. The Morgan fingerprint density at radius 2 is 1.86 bits per heavy atom. The minimum Gasteiger partial charge on any atom is -0.321 e. The van der Waals surface area contributed by atoms with Crippen molar-refractivity contribution in [3.8, 4) is 0 Å². The van der Waals surface area contributed by atoms with Crippen molar-refractivity contribution in [2.75, 3.05) is 5.32 Å². The molecule has 104 valence electrons. The molecule has 1 heterocycles. The van der Waals surface area contributed by atoms with Crippen molar-refractivity contribution in [1.29, 1.82) is 0 Å². The zero-order valence-electron chi connectivity index (χ0n) is 10.8. The standard InChI is InChI=1S/C16H10Cl2N2O/c17-12-7-6-10(9-13(12)18)16(21)20-15-5-1-4-14-11(15)3-2-8-19-14/h1-9H,(H,20,21). The Bertz CT molecular complexity index is 828. The van der Waals surface area contributed by atoms with Crippen molar-refractivity contribution >= 4 is 45.7 Å². The number of fused-ring (bicyclic) bond motifs is 1. The predicted molar refractivity (Wildman–Crippen MR) is 86.2 cm³/mol. The van der Waals surface area contributed by atoms with Gasteiger partial charge < -0.3 is 5.32 Å². The number of benzene rings is 2. The van der Waals surface area contributed by atoms with Crippen molar-refractivity contribution in [1.82, 2.24) is 4.98 Å². The van der Waals surface area contributed by atoms with Gasteiger partial charge in [-0.25, -0.2) is 0 Å². The largest absolute Gasteiger partial charge is 0.321 e. The summed E-state index contributed by atoms with van der Waals surface area (Å²) in [5.74, 6) is -0.245. The monoisotopic (exact) mass is 316 g/mol. The number of amides is 1. The number of carbonyl (C=O) groups is 1. The van der Waals surface area contributed by atoms with Gasteiger partial charge in [0.1, 0.15) is 0 Å². The fourth-order valence-corrected chi connectivity index (χ4v) is 2.34. The summed E-state index contributed by atoms with van der Waals surface area (Å²) in [6.07, 6.45) is 1.72. The van der Waals surface area contributed by atoms with Gasteiger partial charge in [0.15, 0.2) is 0 Å². The highest BCUT2D eigenvalue weighted by Crippen LogP contribution is 2.25. The fourth-order valence-electron chi connectivity index (χ4n) is 2.04. The first kappa shape index (κ1) is 13.9. The lowest BCUT2D eigenvalue weighted by Gasteiger charge is -2.08. The number of rotatable bonds is 2. The number of aromatic nitrogens is 1. The summed E-state index contributed by atoms with van der Waals surface area (Å²) in [5.41, 5.74) is 1.98. The lowest BCUT2D eigenvalue weighted by Crippen LogP contribution is -2.12. The molecule has 0 spiro atoms. The molecule has 0 unspecified atom stereocenters. The normalized spacial score (nSPS) is 10.6. The van der Waals surface area contributed by atoms with Crippen LogP contribution < -0.4 is 5.32 Å². The van der Waals surface area contributed by atoms with E-state index in [1.54, 1.807) is 24.4 Å². The molecule has 21 heavy (non-hydrogen) atoms. The van der Waals surface area contributed by atoms with Crippen LogP contribution in [-0.4, -0.2) is 10.9 Å². The average molecular weight is 317 g/mol. The Morgan fingerprint density at radius 3 is 2.67 bits per heavy atom. The van der Waals surface area contributed by atoms with Crippen LogP contribution >= 0.6 is 23.2 Å². The van der Waals surface area contributed by atoms with Crippen LogP contribution in [0.3, 0.4) is 0 Å². The molecule has 1 aromatic heterocycles. The van der Waals surface area contributed by atoms with Crippen molar-refractivity contribution in [3.63, 3.8) is 0 Å². The van der Waals surface area contributed by atoms with Gasteiger partial charge >= 0.3 is 0 Å². The van der Waals surface area contributed by atoms with Crippen molar-refractivity contribution in [2.24, 2.45) is 0 Å². The molecule has 0 bridgehead atoms. The zero-order valence-corrected chi connectivity index (χ0v) is 12.3. The van der Waals surface area contributed by atoms with Crippen molar-refractivity contribution in [3.05, 3.63) is 70.3 Å². The average Bonchev–Trinajstić information content (AvgIpc) is 2.50. The highest BCUT2D eigenvalue weighted by Gasteiger charge is 2.10. The van der Waals surface area contributed by atoms with Gasteiger partial charge in [-0.05, 0) is 42.5 Å². The topological polar surface area (TPSA) is 42.0 Å². The summed E-state index contributed by atoms with van der Waals surface area (Å²) in [6, 6.07) is 14.1. The van der Waals surface area contributed by atoms with E-state index in [0.717, 1.165) is 10.9 Å². The van der Waals surface area contributed by atoms with Crippen molar-refractivity contribution in [2.45, 2.75) is 0 Å². The molecule has 1 N–H and O–H groups in total. The number of carbonyl (C=O) groups excluding carboxylic acids is 1. The van der Waals surface area contributed by atoms with Gasteiger partial charge in [0.2, 0.25) is 0 Å². The first-order chi connectivity index (χ1) is 10.1. The fraction of sp³-hybridized carbons (Fsp3) is 0. The van der Waals surface area contributed by atoms with Crippen LogP contribution in [0.5, 0.6) is 0 Å². The van der Waals surface area contributed by atoms with Crippen LogP contribution in [-0.2, 0) is 0 Å². The van der Waals surface area contributed by atoms with Crippen LogP contribution in [0, 0.1) is 0 Å². The summed E-state index contributed by atoms with van der Waals surface area (Å²) < 4.78 is 0. The summed E-state index contributed by atoms with van der Waals surface area (Å²) in [6.45, 7) is 0. The molecule has 3 aromatic rings. The quantitative estimate of drug-likeness (QED) is 0.738. The van der Waals surface area contributed by atoms with Gasteiger partial charge in [-0.1, -0.05) is 29.3 Å². The third-order valence-corrected chi connectivity index (χ3v) is 3.81. The van der Waals surface area contributed by atoms with E-state index in [1.807, 2.05) is 30.3 Å². The maximum absolute atomic E-state index is 12.3. The molecular weight excluding hydrogens is 307 g/mol. The van der Waals surface area contributed by atoms with Crippen LogP contribution in [0.25, 0.3) is 10.9 Å². The van der Waals surface area contributed by atoms with E-state index in [1.165, 1.54) is 0 Å². The molecule has 3 rings (SSSR count). The second-order valence-electron chi connectivity index (χ2n) is 4.46. The third kappa shape index (κ3) is 2.84. The zero-order chi connectivity index (χ0) is 14.8. The number of anilines is 1. The maximum Gasteiger partial charge on any atom is 0.255 e. The summed E-state index contributed by atoms with van der Waals surface area (Å²) in [5, 5.41) is 4.52. The van der Waals surface area contributed by atoms with Gasteiger partial charge in [0, 0.05) is 17.1 Å². The number of nitrogens with zero attached hydrogens (tertiary/aromatic N) is 1. The Morgan fingerprint density at radius 1 is 1.00 bits per heavy atom. The molecule has 0 aliphatic rings. The minimum atomic E-state index is -0.245. The van der Waals surface area contributed by atoms with Crippen LogP contribution in [0.1, 0.15) is 10.4 Å². The molecule has 0 aliphatic carbocycles. The van der Waals surface area contributed by atoms with E-state index in [0.29, 0.717) is 21.3 Å². The van der Waals surface area contributed by atoms with Crippen molar-refractivity contribution < 1.29 is 4.79 Å². The first-order valence-corrected chi connectivity index (χ1v) is 7.01. The molecule has 0 saturated carbocycles. The number of hydrogen-bond donors (Lipinski definition) is 1. The summed E-state index contributed by atoms with van der Waals surface area (Å²) in [7, 11) is 0. The molecule has 0 radical (unpaired) electrons. The molecule has 3 nitrogen and oxygen atoms in total. The molecule has 5 heteroatoms. The minimum absolute atomic E-state index is 0.245. The van der Waals surface area contributed by atoms with E-state index in [-0.39, 0.29) is 5.91 Å². The number of nitrogens with one attached hydrogen (secondary N) is 1. The first-order valence-electron chi connectivity index (χ1n) is 6.25. The van der Waals surface area contributed by atoms with Gasteiger partial charge in [-0.3, -0.25) is 9.78 Å². The molecule has 0 saturated heterocycles. The van der Waals surface area contributed by atoms with E-state index in [9.17, 15) is 4.79 Å². The number of hydrogen-bond acceptors (Lipinski definition) is 2. The molecule has 0 fully saturated rings.